The van der Waals surface area contributed by atoms with Crippen molar-refractivity contribution >= 4 is 11.9 Å². The highest BCUT2D eigenvalue weighted by Crippen LogP contribution is 1.83. The van der Waals surface area contributed by atoms with Crippen LogP contribution in [0, 0.1) is 0 Å². The van der Waals surface area contributed by atoms with Crippen molar-refractivity contribution < 1.29 is 33.6 Å². The van der Waals surface area contributed by atoms with Crippen LogP contribution in [0.2, 0.25) is 0 Å². The van der Waals surface area contributed by atoms with E-state index in [9.17, 15) is 4.79 Å². The molecule has 0 unspecified atom stereocenters. The van der Waals surface area contributed by atoms with E-state index in [0.717, 1.165) is 13.2 Å². The van der Waals surface area contributed by atoms with Gasteiger partial charge in [0.2, 0.25) is 0 Å². The number of ether oxygens (including phenoxy) is 4. The van der Waals surface area contributed by atoms with E-state index in [1.807, 2.05) is 6.92 Å². The smallest absolute Gasteiger partial charge is 0.336 e. The molecule has 0 aliphatic heterocycles. The van der Waals surface area contributed by atoms with Gasteiger partial charge in [-0.25, -0.2) is 4.79 Å². The summed E-state index contributed by atoms with van der Waals surface area (Å²) in [7, 11) is 0. The predicted octanol–water partition coefficient (Wildman–Crippen LogP) is 0.834. The second-order valence-electron chi connectivity index (χ2n) is 3.04. The molecule has 7 heteroatoms. The molecule has 0 saturated carbocycles. The zero-order valence-electron chi connectivity index (χ0n) is 11.4. The predicted molar refractivity (Wildman–Crippen MR) is 67.7 cm³/mol. The van der Waals surface area contributed by atoms with E-state index < -0.39 is 11.9 Å². The highest BCUT2D eigenvalue weighted by molar-refractivity contribution is 5.71. The molecule has 1 N–H and O–H groups in total. The summed E-state index contributed by atoms with van der Waals surface area (Å²) in [5.74, 6) is -1.29. The van der Waals surface area contributed by atoms with Crippen LogP contribution in [0.5, 0.6) is 0 Å². The van der Waals surface area contributed by atoms with Crippen LogP contribution < -0.4 is 0 Å². The second-order valence-corrected chi connectivity index (χ2v) is 3.04. The SMILES string of the molecule is C=COC(=O)COCCOCCOCC.CC(=O)O. The molecular formula is C12H22O7. The number of hydrogen-bond donors (Lipinski definition) is 1. The topological polar surface area (TPSA) is 91.3 Å². The number of carboxylic acid groups (broad SMARTS) is 1. The maximum atomic E-state index is 10.7. The fourth-order valence-electron chi connectivity index (χ4n) is 0.765. The molecule has 7 nitrogen and oxygen atoms in total. The fourth-order valence-corrected chi connectivity index (χ4v) is 0.765. The summed E-state index contributed by atoms with van der Waals surface area (Å²) in [6.07, 6.45) is 1.07. The third kappa shape index (κ3) is 26.3. The standard InChI is InChI=1S/C10H18O5.C2H4O2/c1-3-12-5-6-13-7-8-14-9-10(11)15-4-2;1-2(3)4/h4H,2-3,5-9H2,1H3;1H3,(H,3,4). The number of rotatable bonds is 10. The van der Waals surface area contributed by atoms with E-state index in [4.69, 9.17) is 24.1 Å². The van der Waals surface area contributed by atoms with Crippen molar-refractivity contribution in [3.63, 3.8) is 0 Å². The molecule has 0 aromatic heterocycles. The van der Waals surface area contributed by atoms with Gasteiger partial charge < -0.3 is 24.1 Å². The van der Waals surface area contributed by atoms with Crippen LogP contribution in [0.15, 0.2) is 12.8 Å². The minimum absolute atomic E-state index is 0.0825. The molecule has 19 heavy (non-hydrogen) atoms. The van der Waals surface area contributed by atoms with E-state index in [1.165, 1.54) is 0 Å². The third-order valence-corrected chi connectivity index (χ3v) is 1.38. The molecule has 0 bridgehead atoms. The van der Waals surface area contributed by atoms with Gasteiger partial charge in [-0.3, -0.25) is 4.79 Å². The highest BCUT2D eigenvalue weighted by Gasteiger charge is 1.99. The van der Waals surface area contributed by atoms with E-state index in [2.05, 4.69) is 11.3 Å². The Hall–Kier alpha value is -1.44. The first-order valence-electron chi connectivity index (χ1n) is 5.77. The molecule has 0 radical (unpaired) electrons. The molecule has 0 amide bonds. The van der Waals surface area contributed by atoms with Gasteiger partial charge in [0.1, 0.15) is 6.61 Å². The van der Waals surface area contributed by atoms with Crippen molar-refractivity contribution in [3.8, 4) is 0 Å². The van der Waals surface area contributed by atoms with E-state index in [1.54, 1.807) is 0 Å². The molecule has 0 aliphatic carbocycles. The van der Waals surface area contributed by atoms with Crippen LogP contribution in [0.4, 0.5) is 0 Å². The molecule has 0 fully saturated rings. The summed E-state index contributed by atoms with van der Waals surface area (Å²) in [4.78, 5) is 19.7. The Kier molecular flexibility index (Phi) is 17.3. The van der Waals surface area contributed by atoms with E-state index in [-0.39, 0.29) is 6.61 Å². The van der Waals surface area contributed by atoms with E-state index in [0.29, 0.717) is 33.0 Å². The summed E-state index contributed by atoms with van der Waals surface area (Å²) in [6, 6.07) is 0. The van der Waals surface area contributed by atoms with Crippen LogP contribution in [0.3, 0.4) is 0 Å². The van der Waals surface area contributed by atoms with Gasteiger partial charge in [-0.05, 0) is 6.92 Å². The van der Waals surface area contributed by atoms with Crippen molar-refractivity contribution in [2.75, 3.05) is 39.6 Å². The summed E-state index contributed by atoms with van der Waals surface area (Å²) in [5, 5.41) is 7.42. The lowest BCUT2D eigenvalue weighted by molar-refractivity contribution is -0.143. The van der Waals surface area contributed by atoms with Gasteiger partial charge in [0, 0.05) is 13.5 Å². The Labute approximate surface area is 113 Å². The van der Waals surface area contributed by atoms with Crippen molar-refractivity contribution in [1.29, 1.82) is 0 Å². The molecule has 0 aromatic rings. The molecule has 0 atom stereocenters. The number of carboxylic acids is 1. The molecule has 0 spiro atoms. The number of esters is 1. The number of carbonyl (C=O) groups is 2. The monoisotopic (exact) mass is 278 g/mol. The molecule has 112 valence electrons. The Morgan fingerprint density at radius 3 is 2.05 bits per heavy atom. The van der Waals surface area contributed by atoms with Crippen molar-refractivity contribution in [3.05, 3.63) is 12.8 Å². The average molecular weight is 278 g/mol. The van der Waals surface area contributed by atoms with Gasteiger partial charge in [-0.15, -0.1) is 0 Å². The van der Waals surface area contributed by atoms with Crippen LogP contribution in [-0.4, -0.2) is 56.7 Å². The van der Waals surface area contributed by atoms with Gasteiger partial charge in [-0.1, -0.05) is 6.58 Å². The van der Waals surface area contributed by atoms with Crippen molar-refractivity contribution in [1.82, 2.24) is 0 Å². The van der Waals surface area contributed by atoms with E-state index >= 15 is 0 Å². The molecule has 0 aromatic carbocycles. The summed E-state index contributed by atoms with van der Waals surface area (Å²) in [6.45, 7) is 8.78. The Morgan fingerprint density at radius 2 is 1.58 bits per heavy atom. The molecule has 0 rings (SSSR count). The Balaban J connectivity index is 0. The van der Waals surface area contributed by atoms with Crippen LogP contribution in [-0.2, 0) is 28.5 Å². The second kappa shape index (κ2) is 16.6. The zero-order chi connectivity index (χ0) is 14.9. The quantitative estimate of drug-likeness (QED) is 0.359. The first-order valence-corrected chi connectivity index (χ1v) is 5.77. The number of carbonyl (C=O) groups excluding carboxylic acids is 1. The lowest BCUT2D eigenvalue weighted by Gasteiger charge is -2.04. The van der Waals surface area contributed by atoms with Gasteiger partial charge in [-0.2, -0.15) is 0 Å². The first-order chi connectivity index (χ1) is 9.04. The minimum atomic E-state index is -0.833. The average Bonchev–Trinajstić information content (AvgIpc) is 2.32. The molecule has 0 saturated heterocycles. The summed E-state index contributed by atoms with van der Waals surface area (Å²) in [5.41, 5.74) is 0. The minimum Gasteiger partial charge on any atom is -0.481 e. The Bertz CT molecular complexity index is 236. The van der Waals surface area contributed by atoms with Crippen LogP contribution >= 0.6 is 0 Å². The number of aliphatic carboxylic acids is 1. The first kappa shape index (κ1) is 19.9. The van der Waals surface area contributed by atoms with Gasteiger partial charge in [0.15, 0.2) is 0 Å². The third-order valence-electron chi connectivity index (χ3n) is 1.38. The van der Waals surface area contributed by atoms with Gasteiger partial charge in [0.05, 0.1) is 32.7 Å². The maximum absolute atomic E-state index is 10.7. The molecule has 0 aliphatic rings. The van der Waals surface area contributed by atoms with Gasteiger partial charge >= 0.3 is 5.97 Å². The van der Waals surface area contributed by atoms with Gasteiger partial charge in [0.25, 0.3) is 5.97 Å². The Morgan fingerprint density at radius 1 is 1.11 bits per heavy atom. The maximum Gasteiger partial charge on any atom is 0.336 e. The van der Waals surface area contributed by atoms with Crippen molar-refractivity contribution in [2.24, 2.45) is 0 Å². The van der Waals surface area contributed by atoms with Crippen molar-refractivity contribution in [2.45, 2.75) is 13.8 Å². The summed E-state index contributed by atoms with van der Waals surface area (Å²) < 4.78 is 19.6. The lowest BCUT2D eigenvalue weighted by atomic mass is 10.7. The highest BCUT2D eigenvalue weighted by atomic mass is 16.6. The molecular weight excluding hydrogens is 256 g/mol. The number of hydrogen-bond acceptors (Lipinski definition) is 6. The fraction of sp³-hybridized carbons (Fsp3) is 0.667. The largest absolute Gasteiger partial charge is 0.481 e. The lowest BCUT2D eigenvalue weighted by Crippen LogP contribution is -2.14. The van der Waals surface area contributed by atoms with Crippen LogP contribution in [0.1, 0.15) is 13.8 Å². The van der Waals surface area contributed by atoms with Crippen LogP contribution in [0.25, 0.3) is 0 Å². The zero-order valence-corrected chi connectivity index (χ0v) is 11.4. The molecule has 0 heterocycles. The normalized spacial score (nSPS) is 9.16. The summed E-state index contributed by atoms with van der Waals surface area (Å²) >= 11 is 0.